The zero-order valence-corrected chi connectivity index (χ0v) is 14.5. The number of nitrogens with one attached hydrogen (secondary N) is 1. The van der Waals surface area contributed by atoms with Crippen molar-refractivity contribution in [3.63, 3.8) is 0 Å². The number of rotatable bonds is 6. The van der Waals surface area contributed by atoms with Crippen molar-refractivity contribution in [2.75, 3.05) is 24.5 Å². The third kappa shape index (κ3) is 4.14. The minimum atomic E-state index is -0.948. The van der Waals surface area contributed by atoms with Gasteiger partial charge in [0.25, 0.3) is 0 Å². The standard InChI is InChI=1S/C17H23N5O3/c1-12-14(13(2)25-21-12)3-4-16(23)20-10-17(24)5-8-22(11-17)15-9-18-6-7-19-15/h6-7,9,24H,3-5,8,10-11H2,1-2H3,(H,20,23)/t17-/m0/s1. The molecule has 0 saturated carbocycles. The number of anilines is 1. The molecule has 1 amide bonds. The summed E-state index contributed by atoms with van der Waals surface area (Å²) in [4.78, 5) is 22.4. The van der Waals surface area contributed by atoms with Gasteiger partial charge in [-0.25, -0.2) is 4.98 Å². The van der Waals surface area contributed by atoms with Crippen LogP contribution in [0, 0.1) is 13.8 Å². The quantitative estimate of drug-likeness (QED) is 0.797. The molecule has 2 aromatic heterocycles. The Morgan fingerprint density at radius 2 is 2.28 bits per heavy atom. The van der Waals surface area contributed by atoms with Crippen molar-refractivity contribution in [3.05, 3.63) is 35.6 Å². The Morgan fingerprint density at radius 3 is 2.96 bits per heavy atom. The maximum atomic E-state index is 12.1. The van der Waals surface area contributed by atoms with Gasteiger partial charge in [0.15, 0.2) is 0 Å². The lowest BCUT2D eigenvalue weighted by molar-refractivity contribution is -0.122. The molecule has 8 heteroatoms. The molecule has 134 valence electrons. The van der Waals surface area contributed by atoms with Gasteiger partial charge in [-0.2, -0.15) is 0 Å². The number of amides is 1. The zero-order valence-electron chi connectivity index (χ0n) is 14.5. The van der Waals surface area contributed by atoms with E-state index in [1.165, 1.54) is 0 Å². The number of aryl methyl sites for hydroxylation is 2. The largest absolute Gasteiger partial charge is 0.386 e. The Hall–Kier alpha value is -2.48. The first-order valence-corrected chi connectivity index (χ1v) is 8.39. The lowest BCUT2D eigenvalue weighted by Gasteiger charge is -2.24. The summed E-state index contributed by atoms with van der Waals surface area (Å²) < 4.78 is 5.10. The summed E-state index contributed by atoms with van der Waals surface area (Å²) in [5.74, 6) is 1.40. The van der Waals surface area contributed by atoms with Gasteiger partial charge in [-0.1, -0.05) is 5.16 Å². The molecule has 0 spiro atoms. The maximum absolute atomic E-state index is 12.1. The second-order valence-corrected chi connectivity index (χ2v) is 6.54. The Bertz CT molecular complexity index is 714. The van der Waals surface area contributed by atoms with Gasteiger partial charge in [-0.05, 0) is 26.7 Å². The van der Waals surface area contributed by atoms with E-state index in [2.05, 4.69) is 20.4 Å². The molecule has 3 heterocycles. The van der Waals surface area contributed by atoms with Crippen molar-refractivity contribution >= 4 is 11.7 Å². The van der Waals surface area contributed by atoms with Crippen molar-refractivity contribution in [3.8, 4) is 0 Å². The van der Waals surface area contributed by atoms with Gasteiger partial charge in [0.05, 0.1) is 11.9 Å². The summed E-state index contributed by atoms with van der Waals surface area (Å²) in [5, 5.41) is 17.4. The zero-order chi connectivity index (χ0) is 17.9. The van der Waals surface area contributed by atoms with E-state index in [-0.39, 0.29) is 12.5 Å². The molecule has 0 bridgehead atoms. The highest BCUT2D eigenvalue weighted by Crippen LogP contribution is 2.24. The smallest absolute Gasteiger partial charge is 0.220 e. The SMILES string of the molecule is Cc1noc(C)c1CCC(=O)NC[C@@]1(O)CCN(c2cnccn2)C1. The first-order valence-electron chi connectivity index (χ1n) is 8.39. The van der Waals surface area contributed by atoms with E-state index < -0.39 is 5.60 Å². The van der Waals surface area contributed by atoms with Crippen molar-refractivity contribution in [2.24, 2.45) is 0 Å². The van der Waals surface area contributed by atoms with E-state index >= 15 is 0 Å². The molecule has 2 aromatic rings. The van der Waals surface area contributed by atoms with Crippen LogP contribution in [0.15, 0.2) is 23.1 Å². The van der Waals surface area contributed by atoms with Crippen LogP contribution in [0.5, 0.6) is 0 Å². The van der Waals surface area contributed by atoms with Gasteiger partial charge in [0.2, 0.25) is 5.91 Å². The summed E-state index contributed by atoms with van der Waals surface area (Å²) in [7, 11) is 0. The van der Waals surface area contributed by atoms with E-state index in [9.17, 15) is 9.90 Å². The van der Waals surface area contributed by atoms with Crippen molar-refractivity contribution < 1.29 is 14.4 Å². The molecule has 2 N–H and O–H groups in total. The molecule has 3 rings (SSSR count). The summed E-state index contributed by atoms with van der Waals surface area (Å²) in [6, 6.07) is 0. The lowest BCUT2D eigenvalue weighted by atomic mass is 10.0. The van der Waals surface area contributed by atoms with Gasteiger partial charge in [-0.3, -0.25) is 9.78 Å². The van der Waals surface area contributed by atoms with Gasteiger partial charge >= 0.3 is 0 Å². The molecule has 0 radical (unpaired) electrons. The van der Waals surface area contributed by atoms with Crippen LogP contribution in [0.4, 0.5) is 5.82 Å². The molecular formula is C17H23N5O3. The number of carbonyl (C=O) groups is 1. The highest BCUT2D eigenvalue weighted by molar-refractivity contribution is 5.76. The minimum Gasteiger partial charge on any atom is -0.386 e. The fourth-order valence-electron chi connectivity index (χ4n) is 3.10. The van der Waals surface area contributed by atoms with Gasteiger partial charge in [0.1, 0.15) is 17.2 Å². The van der Waals surface area contributed by atoms with Crippen LogP contribution >= 0.6 is 0 Å². The molecule has 0 aromatic carbocycles. The summed E-state index contributed by atoms with van der Waals surface area (Å²) >= 11 is 0. The fraction of sp³-hybridized carbons (Fsp3) is 0.529. The van der Waals surface area contributed by atoms with E-state index in [0.717, 1.165) is 22.8 Å². The number of aliphatic hydroxyl groups is 1. The van der Waals surface area contributed by atoms with Crippen molar-refractivity contribution in [1.82, 2.24) is 20.4 Å². The predicted octanol–water partition coefficient (Wildman–Crippen LogP) is 0.772. The molecule has 0 unspecified atom stereocenters. The minimum absolute atomic E-state index is 0.0913. The molecule has 1 saturated heterocycles. The van der Waals surface area contributed by atoms with Crippen LogP contribution < -0.4 is 10.2 Å². The van der Waals surface area contributed by atoms with E-state index in [0.29, 0.717) is 32.4 Å². The van der Waals surface area contributed by atoms with Gasteiger partial charge in [-0.15, -0.1) is 0 Å². The maximum Gasteiger partial charge on any atom is 0.220 e. The van der Waals surface area contributed by atoms with Gasteiger partial charge < -0.3 is 19.8 Å². The molecular weight excluding hydrogens is 322 g/mol. The number of hydrogen-bond acceptors (Lipinski definition) is 7. The number of β-amino-alcohol motifs (C(OH)–C–C–N with tert-alkyl or cyclic N) is 1. The molecule has 1 aliphatic rings. The van der Waals surface area contributed by atoms with Crippen molar-refractivity contribution in [2.45, 2.75) is 38.7 Å². The van der Waals surface area contributed by atoms with E-state index in [4.69, 9.17) is 4.52 Å². The Kier molecular flexibility index (Phi) is 4.98. The predicted molar refractivity (Wildman–Crippen MR) is 91.1 cm³/mol. The first-order chi connectivity index (χ1) is 12.0. The summed E-state index contributed by atoms with van der Waals surface area (Å²) in [6.07, 6.45) is 6.42. The highest BCUT2D eigenvalue weighted by Gasteiger charge is 2.37. The molecule has 0 aliphatic carbocycles. The van der Waals surface area contributed by atoms with Crippen LogP contribution in [0.25, 0.3) is 0 Å². The Labute approximate surface area is 146 Å². The van der Waals surface area contributed by atoms with Crippen LogP contribution in [-0.4, -0.2) is 51.4 Å². The third-order valence-corrected chi connectivity index (χ3v) is 4.60. The van der Waals surface area contributed by atoms with Crippen LogP contribution in [0.3, 0.4) is 0 Å². The number of carbonyl (C=O) groups excluding carboxylic acids is 1. The van der Waals surface area contributed by atoms with Crippen LogP contribution in [0.2, 0.25) is 0 Å². The van der Waals surface area contributed by atoms with Crippen LogP contribution in [0.1, 0.15) is 29.9 Å². The monoisotopic (exact) mass is 345 g/mol. The molecule has 1 aliphatic heterocycles. The van der Waals surface area contributed by atoms with Crippen molar-refractivity contribution in [1.29, 1.82) is 0 Å². The normalized spacial score (nSPS) is 20.0. The Morgan fingerprint density at radius 1 is 1.44 bits per heavy atom. The average Bonchev–Trinajstić information content (AvgIpc) is 3.16. The Balaban J connectivity index is 1.47. The molecule has 8 nitrogen and oxygen atoms in total. The van der Waals surface area contributed by atoms with Crippen LogP contribution in [-0.2, 0) is 11.2 Å². The number of nitrogens with zero attached hydrogens (tertiary/aromatic N) is 4. The number of aromatic nitrogens is 3. The second kappa shape index (κ2) is 7.18. The molecule has 1 atom stereocenters. The molecule has 1 fully saturated rings. The average molecular weight is 345 g/mol. The summed E-state index contributed by atoms with van der Waals surface area (Å²) in [6.45, 7) is 5.05. The van der Waals surface area contributed by atoms with E-state index in [1.54, 1.807) is 18.6 Å². The van der Waals surface area contributed by atoms with Gasteiger partial charge in [0, 0.05) is 44.0 Å². The lowest BCUT2D eigenvalue weighted by Crippen LogP contribution is -2.45. The topological polar surface area (TPSA) is 104 Å². The highest BCUT2D eigenvalue weighted by atomic mass is 16.5. The second-order valence-electron chi connectivity index (χ2n) is 6.54. The third-order valence-electron chi connectivity index (χ3n) is 4.60. The fourth-order valence-corrected chi connectivity index (χ4v) is 3.10. The first kappa shape index (κ1) is 17.3. The summed E-state index contributed by atoms with van der Waals surface area (Å²) in [5.41, 5.74) is 0.846. The molecule has 25 heavy (non-hydrogen) atoms. The number of hydrogen-bond donors (Lipinski definition) is 2. The van der Waals surface area contributed by atoms with E-state index in [1.807, 2.05) is 18.7 Å².